The number of aromatic nitrogens is 2. The van der Waals surface area contributed by atoms with Gasteiger partial charge in [0.15, 0.2) is 0 Å². The lowest BCUT2D eigenvalue weighted by atomic mass is 9.78. The summed E-state index contributed by atoms with van der Waals surface area (Å²) in [6.45, 7) is 5.42. The van der Waals surface area contributed by atoms with Gasteiger partial charge in [-0.3, -0.25) is 4.68 Å². The second kappa shape index (κ2) is 5.70. The molecule has 0 aromatic carbocycles. The number of sulfonamides is 1. The highest BCUT2D eigenvalue weighted by Crippen LogP contribution is 2.33. The lowest BCUT2D eigenvalue weighted by Gasteiger charge is -2.38. The Hall–Kier alpha value is -0.920. The smallest absolute Gasteiger partial charge is 0.244 e. The SMILES string of the molecule is Cc1nn(C)c(C)c1S(=O)(=O)NC1(CO)CCC(C)CC1. The van der Waals surface area contributed by atoms with Gasteiger partial charge in [-0.25, -0.2) is 13.1 Å². The number of aliphatic hydroxyl groups is 1. The molecule has 0 amide bonds. The van der Waals surface area contributed by atoms with Crippen molar-refractivity contribution >= 4 is 10.0 Å². The van der Waals surface area contributed by atoms with Crippen LogP contribution in [0.15, 0.2) is 4.90 Å². The van der Waals surface area contributed by atoms with Crippen LogP contribution in [-0.2, 0) is 17.1 Å². The summed E-state index contributed by atoms with van der Waals surface area (Å²) in [6, 6.07) is 0. The Labute approximate surface area is 126 Å². The van der Waals surface area contributed by atoms with Crippen LogP contribution in [0.3, 0.4) is 0 Å². The zero-order valence-electron chi connectivity index (χ0n) is 13.2. The Balaban J connectivity index is 2.32. The maximum Gasteiger partial charge on any atom is 0.244 e. The lowest BCUT2D eigenvalue weighted by molar-refractivity contribution is 0.125. The molecular formula is C14H25N3O3S. The summed E-state index contributed by atoms with van der Waals surface area (Å²) in [4.78, 5) is 0.233. The number of rotatable bonds is 4. The summed E-state index contributed by atoms with van der Waals surface area (Å²) in [5.74, 6) is 0.580. The van der Waals surface area contributed by atoms with Gasteiger partial charge in [0, 0.05) is 7.05 Å². The molecule has 1 aliphatic rings. The van der Waals surface area contributed by atoms with Crippen LogP contribution in [0.1, 0.15) is 44.0 Å². The predicted molar refractivity (Wildman–Crippen MR) is 80.5 cm³/mol. The van der Waals surface area contributed by atoms with Gasteiger partial charge in [-0.15, -0.1) is 0 Å². The zero-order chi connectivity index (χ0) is 15.8. The minimum atomic E-state index is -3.68. The molecule has 1 saturated carbocycles. The van der Waals surface area contributed by atoms with E-state index in [-0.39, 0.29) is 11.5 Å². The average Bonchev–Trinajstić information content (AvgIpc) is 2.66. The van der Waals surface area contributed by atoms with Crippen LogP contribution in [0.5, 0.6) is 0 Å². The van der Waals surface area contributed by atoms with Crippen LogP contribution in [0.25, 0.3) is 0 Å². The van der Waals surface area contributed by atoms with Crippen LogP contribution < -0.4 is 4.72 Å². The van der Waals surface area contributed by atoms with Crippen LogP contribution in [0, 0.1) is 19.8 Å². The molecule has 7 heteroatoms. The summed E-state index contributed by atoms with van der Waals surface area (Å²) >= 11 is 0. The van der Waals surface area contributed by atoms with E-state index >= 15 is 0 Å². The van der Waals surface area contributed by atoms with Crippen molar-refractivity contribution in [2.45, 2.75) is 56.9 Å². The third kappa shape index (κ3) is 3.14. The largest absolute Gasteiger partial charge is 0.394 e. The lowest BCUT2D eigenvalue weighted by Crippen LogP contribution is -2.53. The predicted octanol–water partition coefficient (Wildman–Crippen LogP) is 1.26. The molecule has 0 radical (unpaired) electrons. The Kier molecular flexibility index (Phi) is 4.46. The van der Waals surface area contributed by atoms with Crippen molar-refractivity contribution in [2.75, 3.05) is 6.61 Å². The fourth-order valence-electron chi connectivity index (χ4n) is 3.09. The average molecular weight is 315 g/mol. The molecule has 0 bridgehead atoms. The van der Waals surface area contributed by atoms with E-state index in [0.717, 1.165) is 12.8 Å². The second-order valence-corrected chi connectivity index (χ2v) is 7.97. The van der Waals surface area contributed by atoms with Crippen LogP contribution in [-0.4, -0.2) is 35.5 Å². The van der Waals surface area contributed by atoms with Crippen molar-refractivity contribution in [1.29, 1.82) is 0 Å². The Morgan fingerprint density at radius 3 is 2.38 bits per heavy atom. The van der Waals surface area contributed by atoms with E-state index in [1.54, 1.807) is 25.6 Å². The molecular weight excluding hydrogens is 290 g/mol. The number of aliphatic hydroxyl groups excluding tert-OH is 1. The van der Waals surface area contributed by atoms with Crippen molar-refractivity contribution in [3.63, 3.8) is 0 Å². The van der Waals surface area contributed by atoms with Gasteiger partial charge in [0.1, 0.15) is 4.90 Å². The number of hydrogen-bond donors (Lipinski definition) is 2. The monoisotopic (exact) mass is 315 g/mol. The van der Waals surface area contributed by atoms with Gasteiger partial charge >= 0.3 is 0 Å². The summed E-state index contributed by atoms with van der Waals surface area (Å²) in [5, 5.41) is 13.9. The van der Waals surface area contributed by atoms with Crippen LogP contribution in [0.2, 0.25) is 0 Å². The molecule has 2 rings (SSSR count). The first-order valence-corrected chi connectivity index (χ1v) is 8.84. The van der Waals surface area contributed by atoms with Gasteiger partial charge in [0.05, 0.1) is 23.5 Å². The summed E-state index contributed by atoms with van der Waals surface area (Å²) in [5.41, 5.74) is 0.358. The minimum Gasteiger partial charge on any atom is -0.394 e. The normalized spacial score (nSPS) is 27.0. The molecule has 1 aromatic rings. The Morgan fingerprint density at radius 2 is 1.95 bits per heavy atom. The van der Waals surface area contributed by atoms with Gasteiger partial charge in [0.25, 0.3) is 0 Å². The molecule has 120 valence electrons. The van der Waals surface area contributed by atoms with E-state index in [4.69, 9.17) is 0 Å². The fourth-order valence-corrected chi connectivity index (χ4v) is 4.98. The van der Waals surface area contributed by atoms with Crippen LogP contribution in [0.4, 0.5) is 0 Å². The first kappa shape index (κ1) is 16.5. The van der Waals surface area contributed by atoms with E-state index in [2.05, 4.69) is 16.7 Å². The van der Waals surface area contributed by atoms with Crippen molar-refractivity contribution in [3.8, 4) is 0 Å². The quantitative estimate of drug-likeness (QED) is 0.876. The molecule has 21 heavy (non-hydrogen) atoms. The van der Waals surface area contributed by atoms with Gasteiger partial charge in [0.2, 0.25) is 10.0 Å². The van der Waals surface area contributed by atoms with Crippen LogP contribution >= 0.6 is 0 Å². The maximum absolute atomic E-state index is 12.7. The highest BCUT2D eigenvalue weighted by molar-refractivity contribution is 7.89. The standard InChI is InChI=1S/C14H25N3O3S/c1-10-5-7-14(9-18,8-6-10)16-21(19,20)13-11(2)15-17(4)12(13)3/h10,16,18H,5-9H2,1-4H3. The molecule has 0 atom stereocenters. The van der Waals surface area contributed by atoms with E-state index < -0.39 is 15.6 Å². The fraction of sp³-hybridized carbons (Fsp3) is 0.786. The van der Waals surface area contributed by atoms with Gasteiger partial charge in [-0.2, -0.15) is 5.10 Å². The third-order valence-electron chi connectivity index (χ3n) is 4.60. The van der Waals surface area contributed by atoms with Crippen molar-refractivity contribution in [2.24, 2.45) is 13.0 Å². The first-order valence-electron chi connectivity index (χ1n) is 7.36. The molecule has 1 aliphatic carbocycles. The Bertz CT molecular complexity index is 614. The molecule has 1 fully saturated rings. The van der Waals surface area contributed by atoms with Gasteiger partial charge in [-0.05, 0) is 45.4 Å². The van der Waals surface area contributed by atoms with E-state index in [1.807, 2.05) is 0 Å². The molecule has 2 N–H and O–H groups in total. The highest BCUT2D eigenvalue weighted by Gasteiger charge is 2.39. The topological polar surface area (TPSA) is 84.2 Å². The van der Waals surface area contributed by atoms with E-state index in [0.29, 0.717) is 30.1 Å². The zero-order valence-corrected chi connectivity index (χ0v) is 14.0. The maximum atomic E-state index is 12.7. The summed E-state index contributed by atoms with van der Waals surface area (Å²) in [7, 11) is -1.95. The summed E-state index contributed by atoms with van der Waals surface area (Å²) in [6.07, 6.45) is 3.19. The summed E-state index contributed by atoms with van der Waals surface area (Å²) < 4.78 is 29.8. The Morgan fingerprint density at radius 1 is 1.38 bits per heavy atom. The molecule has 1 aromatic heterocycles. The molecule has 6 nitrogen and oxygen atoms in total. The van der Waals surface area contributed by atoms with E-state index in [9.17, 15) is 13.5 Å². The van der Waals surface area contributed by atoms with E-state index in [1.165, 1.54) is 0 Å². The molecule has 0 saturated heterocycles. The number of nitrogens with zero attached hydrogens (tertiary/aromatic N) is 2. The third-order valence-corrected chi connectivity index (χ3v) is 6.43. The number of nitrogens with one attached hydrogen (secondary N) is 1. The molecule has 0 aliphatic heterocycles. The van der Waals surface area contributed by atoms with Crippen molar-refractivity contribution in [1.82, 2.24) is 14.5 Å². The first-order chi connectivity index (χ1) is 9.71. The number of hydrogen-bond acceptors (Lipinski definition) is 4. The number of aryl methyl sites for hydroxylation is 2. The van der Waals surface area contributed by atoms with Crippen molar-refractivity contribution in [3.05, 3.63) is 11.4 Å². The molecule has 1 heterocycles. The highest BCUT2D eigenvalue weighted by atomic mass is 32.2. The minimum absolute atomic E-state index is 0.169. The van der Waals surface area contributed by atoms with Crippen molar-refractivity contribution < 1.29 is 13.5 Å². The second-order valence-electron chi connectivity index (χ2n) is 6.35. The van der Waals surface area contributed by atoms with Gasteiger partial charge < -0.3 is 5.11 Å². The molecule has 0 spiro atoms. The van der Waals surface area contributed by atoms with Gasteiger partial charge in [-0.1, -0.05) is 6.92 Å². The molecule has 0 unspecified atom stereocenters.